The fraction of sp³-hybridized carbons (Fsp3) is 0.778. The zero-order valence-corrected chi connectivity index (χ0v) is 6.93. The van der Waals surface area contributed by atoms with Gasteiger partial charge in [-0.25, -0.2) is 0 Å². The highest BCUT2D eigenvalue weighted by molar-refractivity contribution is 4.96. The van der Waals surface area contributed by atoms with Gasteiger partial charge < -0.3 is 10.4 Å². The van der Waals surface area contributed by atoms with Gasteiger partial charge >= 0.3 is 0 Å². The quantitative estimate of drug-likeness (QED) is 0.457. The highest BCUT2D eigenvalue weighted by atomic mass is 16.3. The number of aliphatic hydroxyl groups is 1. The SMILES string of the molecule is CC#CCCNC1CC(O)C1. The first-order chi connectivity index (χ1) is 5.33. The second kappa shape index (κ2) is 4.38. The third-order valence-corrected chi connectivity index (χ3v) is 1.97. The van der Waals surface area contributed by atoms with Crippen molar-refractivity contribution in [3.05, 3.63) is 0 Å². The molecule has 0 saturated heterocycles. The predicted octanol–water partition coefficient (Wildman–Crippen LogP) is 0.513. The maximum atomic E-state index is 8.95. The van der Waals surface area contributed by atoms with Gasteiger partial charge in [-0.1, -0.05) is 0 Å². The second-order valence-electron chi connectivity index (χ2n) is 2.95. The van der Waals surface area contributed by atoms with Crippen molar-refractivity contribution in [3.8, 4) is 11.8 Å². The summed E-state index contributed by atoms with van der Waals surface area (Å²) in [7, 11) is 0. The monoisotopic (exact) mass is 153 g/mol. The molecule has 1 aliphatic rings. The van der Waals surface area contributed by atoms with E-state index in [-0.39, 0.29) is 6.10 Å². The molecule has 0 amide bonds. The Balaban J connectivity index is 1.91. The molecule has 0 spiro atoms. The van der Waals surface area contributed by atoms with Crippen LogP contribution < -0.4 is 5.32 Å². The average Bonchev–Trinajstić information content (AvgIpc) is 1.94. The van der Waals surface area contributed by atoms with E-state index in [4.69, 9.17) is 5.11 Å². The van der Waals surface area contributed by atoms with Crippen LogP contribution in [-0.2, 0) is 0 Å². The molecule has 1 saturated carbocycles. The van der Waals surface area contributed by atoms with E-state index in [2.05, 4.69) is 17.2 Å². The molecule has 2 nitrogen and oxygen atoms in total. The first kappa shape index (κ1) is 8.58. The molecule has 0 radical (unpaired) electrons. The van der Waals surface area contributed by atoms with Gasteiger partial charge in [0.2, 0.25) is 0 Å². The van der Waals surface area contributed by atoms with Crippen molar-refractivity contribution in [1.29, 1.82) is 0 Å². The summed E-state index contributed by atoms with van der Waals surface area (Å²) >= 11 is 0. The minimum atomic E-state index is -0.0511. The van der Waals surface area contributed by atoms with Crippen molar-refractivity contribution < 1.29 is 5.11 Å². The number of hydrogen-bond acceptors (Lipinski definition) is 2. The summed E-state index contributed by atoms with van der Waals surface area (Å²) in [5.41, 5.74) is 0. The lowest BCUT2D eigenvalue weighted by atomic mass is 9.89. The molecule has 11 heavy (non-hydrogen) atoms. The van der Waals surface area contributed by atoms with Crippen molar-refractivity contribution in [2.24, 2.45) is 0 Å². The zero-order valence-electron chi connectivity index (χ0n) is 6.93. The lowest BCUT2D eigenvalue weighted by molar-refractivity contribution is 0.0630. The van der Waals surface area contributed by atoms with Gasteiger partial charge in [0.1, 0.15) is 0 Å². The van der Waals surface area contributed by atoms with Gasteiger partial charge in [0.25, 0.3) is 0 Å². The van der Waals surface area contributed by atoms with E-state index in [1.165, 1.54) is 0 Å². The summed E-state index contributed by atoms with van der Waals surface area (Å²) in [4.78, 5) is 0. The Labute approximate surface area is 68.0 Å². The number of aliphatic hydroxyl groups excluding tert-OH is 1. The van der Waals surface area contributed by atoms with Crippen LogP contribution in [0.3, 0.4) is 0 Å². The molecule has 0 atom stereocenters. The molecule has 2 heteroatoms. The minimum Gasteiger partial charge on any atom is -0.393 e. The molecule has 0 aromatic carbocycles. The molecular formula is C9H15NO. The van der Waals surface area contributed by atoms with Gasteiger partial charge in [0.05, 0.1) is 6.10 Å². The van der Waals surface area contributed by atoms with Crippen LogP contribution in [0.4, 0.5) is 0 Å². The number of hydrogen-bond donors (Lipinski definition) is 2. The van der Waals surface area contributed by atoms with Gasteiger partial charge in [0, 0.05) is 19.0 Å². The summed E-state index contributed by atoms with van der Waals surface area (Å²) in [5.74, 6) is 5.83. The van der Waals surface area contributed by atoms with E-state index in [1.807, 2.05) is 6.92 Å². The van der Waals surface area contributed by atoms with Crippen LogP contribution in [-0.4, -0.2) is 23.8 Å². The topological polar surface area (TPSA) is 32.3 Å². The molecule has 2 N–H and O–H groups in total. The van der Waals surface area contributed by atoms with Gasteiger partial charge in [-0.2, -0.15) is 0 Å². The Morgan fingerprint density at radius 2 is 2.27 bits per heavy atom. The maximum absolute atomic E-state index is 8.95. The minimum absolute atomic E-state index is 0.0511. The smallest absolute Gasteiger partial charge is 0.0570 e. The normalized spacial score (nSPS) is 28.5. The van der Waals surface area contributed by atoms with Crippen LogP contribution in [0.2, 0.25) is 0 Å². The first-order valence-corrected chi connectivity index (χ1v) is 4.14. The fourth-order valence-corrected chi connectivity index (χ4v) is 1.22. The maximum Gasteiger partial charge on any atom is 0.0570 e. The lowest BCUT2D eigenvalue weighted by Gasteiger charge is -2.31. The van der Waals surface area contributed by atoms with Crippen LogP contribution in [0.15, 0.2) is 0 Å². The van der Waals surface area contributed by atoms with E-state index < -0.39 is 0 Å². The molecule has 1 aliphatic carbocycles. The van der Waals surface area contributed by atoms with E-state index in [0.717, 1.165) is 25.8 Å². The Kier molecular flexibility index (Phi) is 3.41. The summed E-state index contributed by atoms with van der Waals surface area (Å²) in [6.45, 7) is 2.81. The molecule has 0 bridgehead atoms. The number of rotatable bonds is 3. The molecule has 0 unspecified atom stereocenters. The van der Waals surface area contributed by atoms with Crippen molar-refractivity contribution >= 4 is 0 Å². The third-order valence-electron chi connectivity index (χ3n) is 1.97. The van der Waals surface area contributed by atoms with E-state index in [1.54, 1.807) is 0 Å². The molecule has 62 valence electrons. The largest absolute Gasteiger partial charge is 0.393 e. The van der Waals surface area contributed by atoms with Crippen LogP contribution >= 0.6 is 0 Å². The summed E-state index contributed by atoms with van der Waals surface area (Å²) in [5, 5.41) is 12.3. The zero-order chi connectivity index (χ0) is 8.10. The molecule has 1 rings (SSSR count). The standard InChI is InChI=1S/C9H15NO/c1-2-3-4-5-10-8-6-9(11)7-8/h8-11H,4-7H2,1H3. The molecule has 1 fully saturated rings. The van der Waals surface area contributed by atoms with Crippen molar-refractivity contribution in [2.75, 3.05) is 6.54 Å². The van der Waals surface area contributed by atoms with Gasteiger partial charge in [-0.15, -0.1) is 11.8 Å². The second-order valence-corrected chi connectivity index (χ2v) is 2.95. The Morgan fingerprint density at radius 1 is 1.55 bits per heavy atom. The van der Waals surface area contributed by atoms with Gasteiger partial charge in [0.15, 0.2) is 0 Å². The van der Waals surface area contributed by atoms with Crippen LogP contribution in [0.5, 0.6) is 0 Å². The van der Waals surface area contributed by atoms with E-state index in [9.17, 15) is 0 Å². The van der Waals surface area contributed by atoms with Crippen molar-refractivity contribution in [1.82, 2.24) is 5.32 Å². The van der Waals surface area contributed by atoms with Crippen LogP contribution in [0, 0.1) is 11.8 Å². The fourth-order valence-electron chi connectivity index (χ4n) is 1.22. The van der Waals surface area contributed by atoms with Crippen molar-refractivity contribution in [2.45, 2.75) is 38.3 Å². The molecular weight excluding hydrogens is 138 g/mol. The molecule has 0 aromatic rings. The predicted molar refractivity (Wildman–Crippen MR) is 45.1 cm³/mol. The molecule has 0 heterocycles. The lowest BCUT2D eigenvalue weighted by Crippen LogP contribution is -2.44. The Morgan fingerprint density at radius 3 is 2.82 bits per heavy atom. The van der Waals surface area contributed by atoms with E-state index in [0.29, 0.717) is 6.04 Å². The molecule has 0 aromatic heterocycles. The Hall–Kier alpha value is -0.520. The molecule has 0 aliphatic heterocycles. The van der Waals surface area contributed by atoms with E-state index >= 15 is 0 Å². The van der Waals surface area contributed by atoms with Crippen molar-refractivity contribution in [3.63, 3.8) is 0 Å². The third kappa shape index (κ3) is 2.92. The Bertz CT molecular complexity index is 162. The summed E-state index contributed by atoms with van der Waals surface area (Å²) in [6.07, 6.45) is 2.70. The highest BCUT2D eigenvalue weighted by Crippen LogP contribution is 2.18. The average molecular weight is 153 g/mol. The number of nitrogens with one attached hydrogen (secondary N) is 1. The summed E-state index contributed by atoms with van der Waals surface area (Å²) < 4.78 is 0. The van der Waals surface area contributed by atoms with Gasteiger partial charge in [-0.05, 0) is 19.8 Å². The first-order valence-electron chi connectivity index (χ1n) is 4.14. The van der Waals surface area contributed by atoms with Gasteiger partial charge in [-0.3, -0.25) is 0 Å². The van der Waals surface area contributed by atoms with Crippen LogP contribution in [0.1, 0.15) is 26.2 Å². The van der Waals surface area contributed by atoms with Crippen LogP contribution in [0.25, 0.3) is 0 Å². The summed E-state index contributed by atoms with van der Waals surface area (Å²) in [6, 6.07) is 0.545. The highest BCUT2D eigenvalue weighted by Gasteiger charge is 2.25.